The van der Waals surface area contributed by atoms with Gasteiger partial charge in [-0.05, 0) is 43.9 Å². The molecule has 9 heteroatoms. The second-order valence-electron chi connectivity index (χ2n) is 7.42. The number of esters is 1. The maximum absolute atomic E-state index is 13.0. The van der Waals surface area contributed by atoms with Gasteiger partial charge in [-0.1, -0.05) is 31.9 Å². The molecule has 1 saturated heterocycles. The monoisotopic (exact) mass is 426 g/mol. The molecule has 1 heterocycles. The Balaban J connectivity index is 2.18. The average molecular weight is 427 g/mol. The Kier molecular flexibility index (Phi) is 8.04. The lowest BCUT2D eigenvalue weighted by atomic mass is 9.96. The van der Waals surface area contributed by atoms with Crippen LogP contribution in [0.4, 0.5) is 4.79 Å². The van der Waals surface area contributed by atoms with Crippen LogP contribution in [-0.2, 0) is 26.0 Å². The largest absolute Gasteiger partial charge is 0.466 e. The van der Waals surface area contributed by atoms with Crippen LogP contribution in [0.5, 0.6) is 0 Å². The number of likely N-dealkylation sites (tertiary alicyclic amines) is 1. The van der Waals surface area contributed by atoms with E-state index in [-0.39, 0.29) is 37.4 Å². The van der Waals surface area contributed by atoms with Crippen LogP contribution in [0.1, 0.15) is 51.5 Å². The molecule has 162 valence electrons. The van der Waals surface area contributed by atoms with Crippen LogP contribution in [0.2, 0.25) is 0 Å². The zero-order valence-electron chi connectivity index (χ0n) is 17.0. The zero-order chi connectivity index (χ0) is 21.5. The molecular weight excluding hydrogens is 396 g/mol. The highest BCUT2D eigenvalue weighted by Crippen LogP contribution is 2.28. The summed E-state index contributed by atoms with van der Waals surface area (Å²) in [6.07, 6.45) is 3.01. The maximum Gasteiger partial charge on any atom is 0.407 e. The van der Waals surface area contributed by atoms with Gasteiger partial charge in [-0.15, -0.1) is 0 Å². The van der Waals surface area contributed by atoms with Crippen LogP contribution >= 0.6 is 0 Å². The lowest BCUT2D eigenvalue weighted by Gasteiger charge is -2.29. The van der Waals surface area contributed by atoms with Gasteiger partial charge >= 0.3 is 12.1 Å². The average Bonchev–Trinajstić information content (AvgIpc) is 3.05. The molecule has 0 bridgehead atoms. The minimum absolute atomic E-state index is 0.0914. The number of rotatable bonds is 10. The summed E-state index contributed by atoms with van der Waals surface area (Å²) in [6, 6.07) is 6.68. The fourth-order valence-electron chi connectivity index (χ4n) is 3.55. The van der Waals surface area contributed by atoms with Crippen LogP contribution in [0.15, 0.2) is 29.2 Å². The number of hydrogen-bond acceptors (Lipinski definition) is 5. The van der Waals surface area contributed by atoms with Crippen molar-refractivity contribution >= 4 is 22.1 Å². The van der Waals surface area contributed by atoms with Gasteiger partial charge in [0.15, 0.2) is 0 Å². The van der Waals surface area contributed by atoms with Crippen molar-refractivity contribution in [2.75, 3.05) is 19.7 Å². The van der Waals surface area contributed by atoms with Crippen LogP contribution in [-0.4, -0.2) is 55.7 Å². The van der Waals surface area contributed by atoms with E-state index in [0.29, 0.717) is 0 Å². The van der Waals surface area contributed by atoms with Crippen molar-refractivity contribution in [1.29, 1.82) is 0 Å². The lowest BCUT2D eigenvalue weighted by Crippen LogP contribution is -2.52. The van der Waals surface area contributed by atoms with E-state index in [1.54, 1.807) is 31.2 Å². The molecular formula is C20H30N2O6S. The third-order valence-electron chi connectivity index (χ3n) is 5.07. The van der Waals surface area contributed by atoms with Gasteiger partial charge in [-0.3, -0.25) is 4.79 Å². The van der Waals surface area contributed by atoms with Gasteiger partial charge < -0.3 is 14.7 Å². The Morgan fingerprint density at radius 2 is 1.90 bits per heavy atom. The highest BCUT2D eigenvalue weighted by Gasteiger charge is 2.45. The summed E-state index contributed by atoms with van der Waals surface area (Å²) in [5.41, 5.74) is -0.153. The van der Waals surface area contributed by atoms with Crippen molar-refractivity contribution in [2.45, 2.75) is 62.8 Å². The molecule has 2 N–H and O–H groups in total. The van der Waals surface area contributed by atoms with Crippen molar-refractivity contribution in [3.63, 3.8) is 0 Å². The van der Waals surface area contributed by atoms with E-state index in [1.807, 2.05) is 0 Å². The fourth-order valence-corrected chi connectivity index (χ4v) is 4.97. The summed E-state index contributed by atoms with van der Waals surface area (Å²) in [7, 11) is -3.93. The number of benzene rings is 1. The number of sulfonamides is 1. The summed E-state index contributed by atoms with van der Waals surface area (Å²) in [5, 5.41) is 9.25. The number of amides is 1. The molecule has 1 fully saturated rings. The van der Waals surface area contributed by atoms with Gasteiger partial charge in [-0.25, -0.2) is 17.9 Å². The molecule has 0 radical (unpaired) electrons. The molecule has 1 aromatic carbocycles. The second kappa shape index (κ2) is 10.1. The molecule has 1 aliphatic heterocycles. The molecule has 1 atom stereocenters. The van der Waals surface area contributed by atoms with Crippen molar-refractivity contribution < 1.29 is 27.9 Å². The number of unbranched alkanes of at least 4 members (excludes halogenated alkanes) is 2. The van der Waals surface area contributed by atoms with E-state index in [9.17, 15) is 23.1 Å². The highest BCUT2D eigenvalue weighted by atomic mass is 32.2. The zero-order valence-corrected chi connectivity index (χ0v) is 17.8. The van der Waals surface area contributed by atoms with Crippen molar-refractivity contribution in [2.24, 2.45) is 0 Å². The summed E-state index contributed by atoms with van der Waals surface area (Å²) >= 11 is 0. The van der Waals surface area contributed by atoms with Crippen LogP contribution in [0, 0.1) is 0 Å². The number of aryl methyl sites for hydroxylation is 1. The summed E-state index contributed by atoms with van der Waals surface area (Å²) < 4.78 is 33.5. The van der Waals surface area contributed by atoms with Crippen LogP contribution in [0.3, 0.4) is 0 Å². The number of carbonyl (C=O) groups excluding carboxylic acids is 1. The Labute approximate surface area is 172 Å². The third kappa shape index (κ3) is 6.43. The molecule has 29 heavy (non-hydrogen) atoms. The number of hydrogen-bond donors (Lipinski definition) is 2. The third-order valence-corrected chi connectivity index (χ3v) is 6.66. The molecule has 2 rings (SSSR count). The number of ether oxygens (including phenoxy) is 1. The maximum atomic E-state index is 13.0. The smallest absolute Gasteiger partial charge is 0.407 e. The fraction of sp³-hybridized carbons (Fsp3) is 0.600. The van der Waals surface area contributed by atoms with Gasteiger partial charge in [-0.2, -0.15) is 0 Å². The first-order chi connectivity index (χ1) is 13.7. The van der Waals surface area contributed by atoms with E-state index in [4.69, 9.17) is 4.74 Å². The number of carbonyl (C=O) groups is 2. The molecule has 1 aliphatic rings. The SMILES string of the molecule is CCCCCc1ccc(S(=O)(=O)NC2(CC(=O)OCC)CCN(C(=O)O)C2)cc1. The number of carboxylic acid groups (broad SMARTS) is 1. The first-order valence-corrected chi connectivity index (χ1v) is 11.5. The first kappa shape index (κ1) is 23.2. The molecule has 1 unspecified atom stereocenters. The van der Waals surface area contributed by atoms with E-state index < -0.39 is 27.6 Å². The predicted octanol–water partition coefficient (Wildman–Crippen LogP) is 2.77. The molecule has 0 saturated carbocycles. The minimum Gasteiger partial charge on any atom is -0.466 e. The van der Waals surface area contributed by atoms with Gasteiger partial charge in [0.05, 0.1) is 23.5 Å². The van der Waals surface area contributed by atoms with Crippen molar-refractivity contribution in [3.05, 3.63) is 29.8 Å². The predicted molar refractivity (Wildman–Crippen MR) is 108 cm³/mol. The van der Waals surface area contributed by atoms with Gasteiger partial charge in [0.25, 0.3) is 0 Å². The standard InChI is InChI=1S/C20H30N2O6S/c1-3-5-6-7-16-8-10-17(11-9-16)29(26,27)21-20(14-18(23)28-4-2)12-13-22(15-20)19(24)25/h8-11,21H,3-7,12-15H2,1-2H3,(H,24,25). The molecule has 8 nitrogen and oxygen atoms in total. The Hall–Kier alpha value is -2.13. The summed E-state index contributed by atoms with van der Waals surface area (Å²) in [6.45, 7) is 4.00. The van der Waals surface area contributed by atoms with Crippen LogP contribution < -0.4 is 4.72 Å². The molecule has 0 spiro atoms. The summed E-state index contributed by atoms with van der Waals surface area (Å²) in [4.78, 5) is 24.6. The molecule has 1 aromatic rings. The highest BCUT2D eigenvalue weighted by molar-refractivity contribution is 7.89. The van der Waals surface area contributed by atoms with Gasteiger partial charge in [0, 0.05) is 13.1 Å². The second-order valence-corrected chi connectivity index (χ2v) is 9.11. The quantitative estimate of drug-likeness (QED) is 0.439. The van der Waals surface area contributed by atoms with E-state index >= 15 is 0 Å². The normalized spacial score (nSPS) is 19.3. The van der Waals surface area contributed by atoms with E-state index in [0.717, 1.165) is 36.1 Å². The molecule has 0 aliphatic carbocycles. The van der Waals surface area contributed by atoms with Crippen molar-refractivity contribution in [1.82, 2.24) is 9.62 Å². The molecule has 1 amide bonds. The minimum atomic E-state index is -3.93. The van der Waals surface area contributed by atoms with Gasteiger partial charge in [0.1, 0.15) is 0 Å². The Bertz CT molecular complexity index is 809. The molecule has 0 aromatic heterocycles. The van der Waals surface area contributed by atoms with E-state index in [2.05, 4.69) is 11.6 Å². The lowest BCUT2D eigenvalue weighted by molar-refractivity contribution is -0.144. The van der Waals surface area contributed by atoms with Crippen LogP contribution in [0.25, 0.3) is 0 Å². The summed E-state index contributed by atoms with van der Waals surface area (Å²) in [5.74, 6) is -0.561. The van der Waals surface area contributed by atoms with Gasteiger partial charge in [0.2, 0.25) is 10.0 Å². The Morgan fingerprint density at radius 3 is 2.45 bits per heavy atom. The topological polar surface area (TPSA) is 113 Å². The first-order valence-electron chi connectivity index (χ1n) is 9.98. The van der Waals surface area contributed by atoms with Crippen molar-refractivity contribution in [3.8, 4) is 0 Å². The van der Waals surface area contributed by atoms with E-state index in [1.165, 1.54) is 0 Å². The number of nitrogens with zero attached hydrogens (tertiary/aromatic N) is 1. The number of nitrogens with one attached hydrogen (secondary N) is 1. The Morgan fingerprint density at radius 1 is 1.21 bits per heavy atom.